The Labute approximate surface area is 178 Å². The molecule has 6 nitrogen and oxygen atoms in total. The van der Waals surface area contributed by atoms with Crippen LogP contribution in [-0.4, -0.2) is 26.8 Å². The number of nitrogens with zero attached hydrogens (tertiary/aromatic N) is 4. The summed E-state index contributed by atoms with van der Waals surface area (Å²) in [5.74, 6) is 0.405. The van der Waals surface area contributed by atoms with Crippen molar-refractivity contribution in [3.63, 3.8) is 0 Å². The highest BCUT2D eigenvalue weighted by molar-refractivity contribution is 7.99. The van der Waals surface area contributed by atoms with Gasteiger partial charge in [0.05, 0.1) is 5.69 Å². The fourth-order valence-electron chi connectivity index (χ4n) is 3.68. The quantitative estimate of drug-likeness (QED) is 0.560. The lowest BCUT2D eigenvalue weighted by atomic mass is 10.00. The molecule has 3 aromatic rings. The van der Waals surface area contributed by atoms with Crippen molar-refractivity contribution >= 4 is 23.4 Å². The summed E-state index contributed by atoms with van der Waals surface area (Å²) in [5.41, 5.74) is 4.23. The number of amides is 1. The molecule has 0 saturated heterocycles. The van der Waals surface area contributed by atoms with Crippen molar-refractivity contribution in [2.75, 3.05) is 10.7 Å². The topological polar surface area (TPSA) is 68.2 Å². The van der Waals surface area contributed by atoms with E-state index in [0.717, 1.165) is 16.9 Å². The minimum absolute atomic E-state index is 0.235. The highest BCUT2D eigenvalue weighted by atomic mass is 32.2. The summed E-state index contributed by atoms with van der Waals surface area (Å²) in [5, 5.41) is 9.10. The van der Waals surface area contributed by atoms with Crippen LogP contribution in [0.1, 0.15) is 36.8 Å². The Balaban J connectivity index is 2.02. The van der Waals surface area contributed by atoms with Crippen molar-refractivity contribution in [2.45, 2.75) is 39.1 Å². The van der Waals surface area contributed by atoms with Crippen molar-refractivity contribution < 1.29 is 13.9 Å². The van der Waals surface area contributed by atoms with E-state index in [2.05, 4.69) is 15.2 Å². The van der Waals surface area contributed by atoms with Crippen molar-refractivity contribution in [3.05, 3.63) is 58.9 Å². The van der Waals surface area contributed by atoms with Crippen molar-refractivity contribution in [2.24, 2.45) is 0 Å². The Bertz CT molecular complexity index is 1140. The molecule has 1 amide bonds. The molecule has 154 valence electrons. The van der Waals surface area contributed by atoms with E-state index in [1.54, 1.807) is 12.1 Å². The number of aryl methyl sites for hydroxylation is 2. The summed E-state index contributed by atoms with van der Waals surface area (Å²) in [7, 11) is 0. The molecule has 0 N–H and O–H groups in total. The lowest BCUT2D eigenvalue weighted by Gasteiger charge is -2.31. The first-order valence-corrected chi connectivity index (χ1v) is 10.6. The Morgan fingerprint density at radius 3 is 2.73 bits per heavy atom. The molecule has 2 aromatic carbocycles. The molecule has 1 atom stereocenters. The molecular weight excluding hydrogens is 403 g/mol. The Hall–Kier alpha value is -3.00. The van der Waals surface area contributed by atoms with Crippen LogP contribution >= 0.6 is 11.8 Å². The van der Waals surface area contributed by atoms with Gasteiger partial charge in [0.2, 0.25) is 23.2 Å². The molecule has 1 aliphatic heterocycles. The lowest BCUT2D eigenvalue weighted by Crippen LogP contribution is -2.36. The molecule has 4 rings (SSSR count). The molecule has 1 aliphatic rings. The third-order valence-electron chi connectivity index (χ3n) is 4.78. The highest BCUT2D eigenvalue weighted by Crippen LogP contribution is 2.45. The second kappa shape index (κ2) is 8.02. The summed E-state index contributed by atoms with van der Waals surface area (Å²) in [6.07, 6.45) is -0.893. The van der Waals surface area contributed by atoms with E-state index in [4.69, 9.17) is 4.74 Å². The lowest BCUT2D eigenvalue weighted by molar-refractivity contribution is -0.118. The van der Waals surface area contributed by atoms with E-state index < -0.39 is 12.0 Å². The predicted octanol–water partition coefficient (Wildman–Crippen LogP) is 4.85. The van der Waals surface area contributed by atoms with Gasteiger partial charge in [-0.3, -0.25) is 9.69 Å². The van der Waals surface area contributed by atoms with Gasteiger partial charge in [0.25, 0.3) is 0 Å². The van der Waals surface area contributed by atoms with Crippen LogP contribution in [0.25, 0.3) is 11.3 Å². The largest absolute Gasteiger partial charge is 0.447 e. The second-order valence-corrected chi connectivity index (χ2v) is 8.30. The normalized spacial score (nSPS) is 15.1. The number of hydrogen-bond acceptors (Lipinski definition) is 6. The average molecular weight is 425 g/mol. The van der Waals surface area contributed by atoms with Crippen LogP contribution in [0.15, 0.2) is 41.6 Å². The molecule has 0 bridgehead atoms. The number of rotatable bonds is 3. The average Bonchev–Trinajstić information content (AvgIpc) is 2.83. The van der Waals surface area contributed by atoms with Crippen molar-refractivity contribution in [1.29, 1.82) is 0 Å². The fraction of sp³-hybridized carbons (Fsp3) is 0.273. The number of benzene rings is 2. The van der Waals surface area contributed by atoms with Gasteiger partial charge in [-0.05, 0) is 43.4 Å². The van der Waals surface area contributed by atoms with Gasteiger partial charge in [-0.25, -0.2) is 4.39 Å². The number of hydrogen-bond donors (Lipinski definition) is 0. The number of thioether (sulfide) groups is 1. The number of ether oxygens (including phenoxy) is 1. The van der Waals surface area contributed by atoms with E-state index in [0.29, 0.717) is 27.7 Å². The van der Waals surface area contributed by atoms with Crippen LogP contribution < -0.4 is 9.64 Å². The maximum atomic E-state index is 14.0. The van der Waals surface area contributed by atoms with Crippen LogP contribution in [0.2, 0.25) is 0 Å². The molecule has 1 aromatic heterocycles. The molecule has 0 fully saturated rings. The number of fused-ring (bicyclic) bond motifs is 3. The first-order chi connectivity index (χ1) is 14.4. The molecule has 30 heavy (non-hydrogen) atoms. The van der Waals surface area contributed by atoms with E-state index in [9.17, 15) is 9.18 Å². The standard InChI is InChI=1S/C22H21FN4O2S/c1-5-30-22-24-20-18(25-26-22)17-10-12(2)9-13(3)19(17)27(14(4)28)21(29-20)15-7-6-8-16(23)11-15/h6-11,21H,5H2,1-4H3/t21-/m0/s1. The van der Waals surface area contributed by atoms with Crippen LogP contribution in [-0.2, 0) is 4.79 Å². The summed E-state index contributed by atoms with van der Waals surface area (Å²) in [6, 6.07) is 9.98. The molecule has 0 saturated carbocycles. The smallest absolute Gasteiger partial charge is 0.247 e. The first-order valence-electron chi connectivity index (χ1n) is 9.60. The van der Waals surface area contributed by atoms with Gasteiger partial charge in [0.1, 0.15) is 5.82 Å². The van der Waals surface area contributed by atoms with Gasteiger partial charge in [-0.1, -0.05) is 42.4 Å². The molecule has 2 heterocycles. The molecule has 0 aliphatic carbocycles. The Morgan fingerprint density at radius 1 is 1.23 bits per heavy atom. The number of carbonyl (C=O) groups excluding carboxylic acids is 1. The van der Waals surface area contributed by atoms with E-state index in [1.165, 1.54) is 35.7 Å². The van der Waals surface area contributed by atoms with Gasteiger partial charge in [-0.2, -0.15) is 4.98 Å². The molecular formula is C22H21FN4O2S. The van der Waals surface area contributed by atoms with E-state index in [1.807, 2.05) is 32.9 Å². The third kappa shape index (κ3) is 3.63. The van der Waals surface area contributed by atoms with E-state index in [-0.39, 0.29) is 11.8 Å². The monoisotopic (exact) mass is 424 g/mol. The number of carbonyl (C=O) groups is 1. The van der Waals surface area contributed by atoms with Gasteiger partial charge in [0, 0.05) is 18.1 Å². The maximum Gasteiger partial charge on any atom is 0.247 e. The van der Waals surface area contributed by atoms with Gasteiger partial charge < -0.3 is 4.74 Å². The minimum Gasteiger partial charge on any atom is -0.447 e. The SMILES string of the molecule is CCSc1nnc2c(n1)O[C@@H](c1cccc(F)c1)N(C(C)=O)c1c(C)cc(C)cc1-2. The summed E-state index contributed by atoms with van der Waals surface area (Å²) >= 11 is 1.44. The zero-order chi connectivity index (χ0) is 21.4. The fourth-order valence-corrected chi connectivity index (χ4v) is 4.18. The van der Waals surface area contributed by atoms with Gasteiger partial charge >= 0.3 is 0 Å². The first kappa shape index (κ1) is 20.3. The van der Waals surface area contributed by atoms with E-state index >= 15 is 0 Å². The summed E-state index contributed by atoms with van der Waals surface area (Å²) in [4.78, 5) is 18.9. The Kier molecular flexibility index (Phi) is 5.42. The van der Waals surface area contributed by atoms with Crippen molar-refractivity contribution in [3.8, 4) is 17.1 Å². The van der Waals surface area contributed by atoms with Crippen LogP contribution in [0, 0.1) is 19.7 Å². The minimum atomic E-state index is -0.893. The number of anilines is 1. The molecule has 0 unspecified atom stereocenters. The number of halogens is 1. The third-order valence-corrected chi connectivity index (χ3v) is 5.50. The molecule has 0 spiro atoms. The van der Waals surface area contributed by atoms with Gasteiger partial charge in [-0.15, -0.1) is 10.2 Å². The van der Waals surface area contributed by atoms with Crippen LogP contribution in [0.5, 0.6) is 5.88 Å². The summed E-state index contributed by atoms with van der Waals surface area (Å²) < 4.78 is 20.3. The zero-order valence-electron chi connectivity index (χ0n) is 17.1. The second-order valence-electron chi connectivity index (χ2n) is 7.07. The highest BCUT2D eigenvalue weighted by Gasteiger charge is 2.36. The summed E-state index contributed by atoms with van der Waals surface area (Å²) in [6.45, 7) is 7.36. The van der Waals surface area contributed by atoms with Crippen molar-refractivity contribution in [1.82, 2.24) is 15.2 Å². The Morgan fingerprint density at radius 2 is 2.03 bits per heavy atom. The maximum absolute atomic E-state index is 14.0. The van der Waals surface area contributed by atoms with Gasteiger partial charge in [0.15, 0.2) is 5.69 Å². The van der Waals surface area contributed by atoms with Crippen LogP contribution in [0.4, 0.5) is 10.1 Å². The molecule has 0 radical (unpaired) electrons. The number of aromatic nitrogens is 3. The predicted molar refractivity (Wildman–Crippen MR) is 114 cm³/mol. The zero-order valence-corrected chi connectivity index (χ0v) is 18.0. The molecule has 8 heteroatoms. The van der Waals surface area contributed by atoms with Crippen LogP contribution in [0.3, 0.4) is 0 Å².